The van der Waals surface area contributed by atoms with Gasteiger partial charge in [-0.15, -0.1) is 0 Å². The lowest BCUT2D eigenvalue weighted by Gasteiger charge is -2.17. The minimum atomic E-state index is 1.21. The highest BCUT2D eigenvalue weighted by Crippen LogP contribution is 2.31. The van der Waals surface area contributed by atoms with Gasteiger partial charge < -0.3 is 0 Å². The van der Waals surface area contributed by atoms with Crippen LogP contribution in [0.3, 0.4) is 0 Å². The molecule has 0 aliphatic carbocycles. The first kappa shape index (κ1) is 18.8. The van der Waals surface area contributed by atoms with E-state index in [0.29, 0.717) is 0 Å². The zero-order valence-electron chi connectivity index (χ0n) is 15.9. The van der Waals surface area contributed by atoms with Crippen molar-refractivity contribution in [3.8, 4) is 11.1 Å². The van der Waals surface area contributed by atoms with Gasteiger partial charge in [0.05, 0.1) is 0 Å². The van der Waals surface area contributed by atoms with Crippen molar-refractivity contribution >= 4 is 0 Å². The van der Waals surface area contributed by atoms with Gasteiger partial charge in [-0.1, -0.05) is 88.4 Å². The van der Waals surface area contributed by atoms with Gasteiger partial charge >= 0.3 is 0 Å². The van der Waals surface area contributed by atoms with Crippen molar-refractivity contribution in [3.05, 3.63) is 59.2 Å². The standard InChI is InChI=1S/C24H34/c1-4-6-8-11-17-23-19-18-21(14-10-7-5-2)20(3)24(23)22-15-12-9-13-16-22/h9,12-13,15-16,18-19H,4-8,10-11,14,17H2,1-3H3. The highest BCUT2D eigenvalue weighted by Gasteiger charge is 2.11. The van der Waals surface area contributed by atoms with Crippen LogP contribution in [0, 0.1) is 6.92 Å². The Bertz CT molecular complexity index is 595. The van der Waals surface area contributed by atoms with E-state index in [2.05, 4.69) is 63.2 Å². The molecule has 0 bridgehead atoms. The summed E-state index contributed by atoms with van der Waals surface area (Å²) < 4.78 is 0. The van der Waals surface area contributed by atoms with Crippen molar-refractivity contribution in [2.75, 3.05) is 0 Å². The number of hydrogen-bond acceptors (Lipinski definition) is 0. The Balaban J connectivity index is 2.27. The number of rotatable bonds is 10. The quantitative estimate of drug-likeness (QED) is 0.397. The van der Waals surface area contributed by atoms with Crippen LogP contribution < -0.4 is 0 Å². The highest BCUT2D eigenvalue weighted by molar-refractivity contribution is 5.72. The smallest absolute Gasteiger partial charge is 0.0120 e. The molecule has 0 aromatic heterocycles. The van der Waals surface area contributed by atoms with Gasteiger partial charge in [-0.2, -0.15) is 0 Å². The Morgan fingerprint density at radius 3 is 1.92 bits per heavy atom. The van der Waals surface area contributed by atoms with Crippen molar-refractivity contribution in [1.82, 2.24) is 0 Å². The van der Waals surface area contributed by atoms with E-state index in [0.717, 1.165) is 0 Å². The van der Waals surface area contributed by atoms with E-state index < -0.39 is 0 Å². The topological polar surface area (TPSA) is 0 Å². The first-order valence-electron chi connectivity index (χ1n) is 9.94. The van der Waals surface area contributed by atoms with Gasteiger partial charge in [-0.25, -0.2) is 0 Å². The predicted molar refractivity (Wildman–Crippen MR) is 108 cm³/mol. The van der Waals surface area contributed by atoms with Crippen LogP contribution in [-0.2, 0) is 12.8 Å². The van der Waals surface area contributed by atoms with Crippen LogP contribution in [0.1, 0.15) is 75.5 Å². The van der Waals surface area contributed by atoms with Crippen LogP contribution in [0.15, 0.2) is 42.5 Å². The van der Waals surface area contributed by atoms with Crippen LogP contribution in [0.25, 0.3) is 11.1 Å². The number of aryl methyl sites for hydroxylation is 2. The van der Waals surface area contributed by atoms with Crippen molar-refractivity contribution in [2.24, 2.45) is 0 Å². The second-order valence-electron chi connectivity index (χ2n) is 7.02. The minimum absolute atomic E-state index is 1.21. The third-order valence-corrected chi connectivity index (χ3v) is 5.08. The number of hydrogen-bond donors (Lipinski definition) is 0. The van der Waals surface area contributed by atoms with Crippen molar-refractivity contribution < 1.29 is 0 Å². The molecule has 0 heterocycles. The van der Waals surface area contributed by atoms with Gasteiger partial charge in [-0.05, 0) is 60.4 Å². The van der Waals surface area contributed by atoms with E-state index in [4.69, 9.17) is 0 Å². The Hall–Kier alpha value is -1.56. The maximum Gasteiger partial charge on any atom is -0.0120 e. The Morgan fingerprint density at radius 2 is 1.21 bits per heavy atom. The molecule has 0 nitrogen and oxygen atoms in total. The van der Waals surface area contributed by atoms with Gasteiger partial charge in [-0.3, -0.25) is 0 Å². The molecule has 0 heteroatoms. The Kier molecular flexibility index (Phi) is 8.08. The minimum Gasteiger partial charge on any atom is -0.0654 e. The van der Waals surface area contributed by atoms with Gasteiger partial charge in [0.15, 0.2) is 0 Å². The lowest BCUT2D eigenvalue weighted by Crippen LogP contribution is -1.99. The van der Waals surface area contributed by atoms with Gasteiger partial charge in [0.2, 0.25) is 0 Å². The molecule has 0 saturated carbocycles. The van der Waals surface area contributed by atoms with Gasteiger partial charge in [0, 0.05) is 0 Å². The summed E-state index contributed by atoms with van der Waals surface area (Å²) in [7, 11) is 0. The van der Waals surface area contributed by atoms with E-state index >= 15 is 0 Å². The zero-order chi connectivity index (χ0) is 17.2. The molecule has 0 saturated heterocycles. The second kappa shape index (κ2) is 10.3. The maximum absolute atomic E-state index is 2.41. The molecule has 130 valence electrons. The zero-order valence-corrected chi connectivity index (χ0v) is 15.9. The summed E-state index contributed by atoms with van der Waals surface area (Å²) in [5.41, 5.74) is 7.47. The molecule has 2 aromatic carbocycles. The summed E-state index contributed by atoms with van der Waals surface area (Å²) in [6.07, 6.45) is 11.7. The van der Waals surface area contributed by atoms with Crippen LogP contribution in [0.4, 0.5) is 0 Å². The molecular formula is C24H34. The Labute approximate surface area is 149 Å². The predicted octanol–water partition coefficient (Wildman–Crippen LogP) is 7.52. The average Bonchev–Trinajstić information content (AvgIpc) is 2.61. The maximum atomic E-state index is 2.41. The summed E-state index contributed by atoms with van der Waals surface area (Å²) in [6, 6.07) is 15.8. The molecule has 0 unspecified atom stereocenters. The van der Waals surface area contributed by atoms with Gasteiger partial charge in [0.25, 0.3) is 0 Å². The molecule has 0 fully saturated rings. The molecule has 0 aliphatic rings. The fourth-order valence-corrected chi connectivity index (χ4v) is 3.60. The van der Waals surface area contributed by atoms with Crippen LogP contribution in [-0.4, -0.2) is 0 Å². The first-order valence-corrected chi connectivity index (χ1v) is 9.94. The van der Waals surface area contributed by atoms with E-state index in [1.807, 2.05) is 0 Å². The average molecular weight is 323 g/mol. The van der Waals surface area contributed by atoms with Gasteiger partial charge in [0.1, 0.15) is 0 Å². The second-order valence-corrected chi connectivity index (χ2v) is 7.02. The first-order chi connectivity index (χ1) is 11.8. The van der Waals surface area contributed by atoms with Crippen molar-refractivity contribution in [3.63, 3.8) is 0 Å². The molecule has 24 heavy (non-hydrogen) atoms. The van der Waals surface area contributed by atoms with E-state index in [9.17, 15) is 0 Å². The molecule has 0 spiro atoms. The normalized spacial score (nSPS) is 11.0. The third kappa shape index (κ3) is 5.23. The SMILES string of the molecule is CCCCCCc1ccc(CCCCC)c(C)c1-c1ccccc1. The monoisotopic (exact) mass is 322 g/mol. The summed E-state index contributed by atoms with van der Waals surface area (Å²) in [6.45, 7) is 6.89. The summed E-state index contributed by atoms with van der Waals surface area (Å²) in [5.74, 6) is 0. The lowest BCUT2D eigenvalue weighted by atomic mass is 9.88. The van der Waals surface area contributed by atoms with E-state index in [1.165, 1.54) is 80.0 Å². The van der Waals surface area contributed by atoms with Crippen LogP contribution in [0.5, 0.6) is 0 Å². The molecule has 0 N–H and O–H groups in total. The molecule has 0 amide bonds. The largest absolute Gasteiger partial charge is 0.0654 e. The molecule has 2 rings (SSSR count). The molecule has 0 aliphatic heterocycles. The summed E-state index contributed by atoms with van der Waals surface area (Å²) >= 11 is 0. The number of unbranched alkanes of at least 4 members (excludes halogenated alkanes) is 5. The van der Waals surface area contributed by atoms with Crippen LogP contribution >= 0.6 is 0 Å². The molecular weight excluding hydrogens is 288 g/mol. The highest BCUT2D eigenvalue weighted by atomic mass is 14.2. The molecule has 0 atom stereocenters. The molecule has 0 radical (unpaired) electrons. The van der Waals surface area contributed by atoms with E-state index in [1.54, 1.807) is 5.56 Å². The van der Waals surface area contributed by atoms with E-state index in [-0.39, 0.29) is 0 Å². The van der Waals surface area contributed by atoms with Crippen molar-refractivity contribution in [1.29, 1.82) is 0 Å². The van der Waals surface area contributed by atoms with Crippen molar-refractivity contribution in [2.45, 2.75) is 78.6 Å². The third-order valence-electron chi connectivity index (χ3n) is 5.08. The Morgan fingerprint density at radius 1 is 0.625 bits per heavy atom. The van der Waals surface area contributed by atoms with Crippen LogP contribution in [0.2, 0.25) is 0 Å². The lowest BCUT2D eigenvalue weighted by molar-refractivity contribution is 0.666. The summed E-state index contributed by atoms with van der Waals surface area (Å²) in [4.78, 5) is 0. The fraction of sp³-hybridized carbons (Fsp3) is 0.500. The fourth-order valence-electron chi connectivity index (χ4n) is 3.60. The number of benzene rings is 2. The summed E-state index contributed by atoms with van der Waals surface area (Å²) in [5, 5.41) is 0. The molecule has 2 aromatic rings.